The topological polar surface area (TPSA) is 181 Å². The van der Waals surface area contributed by atoms with Gasteiger partial charge in [0.05, 0.1) is 43.1 Å². The average Bonchev–Trinajstić information content (AvgIpc) is 3.07. The molecule has 0 radical (unpaired) electrons. The van der Waals surface area contributed by atoms with E-state index in [4.69, 9.17) is 28.4 Å². The summed E-state index contributed by atoms with van der Waals surface area (Å²) in [5.41, 5.74) is -3.40. The van der Waals surface area contributed by atoms with Crippen LogP contribution in [0.5, 0.6) is 0 Å². The van der Waals surface area contributed by atoms with Gasteiger partial charge in [0.2, 0.25) is 0 Å². The van der Waals surface area contributed by atoms with Crippen LogP contribution in [0.3, 0.4) is 0 Å². The number of nitrogens with zero attached hydrogens (tertiary/aromatic N) is 1. The minimum Gasteiger partial charge on any atom is -0.465 e. The summed E-state index contributed by atoms with van der Waals surface area (Å²) in [6.07, 6.45) is 4.93. The summed E-state index contributed by atoms with van der Waals surface area (Å²) in [5.74, 6) is -2.70. The molecular weight excluding hydrogens is 714 g/mol. The highest BCUT2D eigenvalue weighted by molar-refractivity contribution is 5.74. The summed E-state index contributed by atoms with van der Waals surface area (Å²) in [6, 6.07) is 0. The number of ether oxygens (including phenoxy) is 6. The molecule has 0 aromatic carbocycles. The molecule has 55 heavy (non-hydrogen) atoms. The molecular formula is C41H73NO13. The van der Waals surface area contributed by atoms with Gasteiger partial charge < -0.3 is 38.4 Å². The number of esters is 5. The fourth-order valence-corrected chi connectivity index (χ4v) is 5.14. The summed E-state index contributed by atoms with van der Waals surface area (Å²) >= 11 is 0. The van der Waals surface area contributed by atoms with E-state index in [-0.39, 0.29) is 82.6 Å². The number of unbranched alkanes of at least 4 members (excludes halogenated alkanes) is 2. The van der Waals surface area contributed by atoms with E-state index in [2.05, 4.69) is 13.8 Å². The molecule has 0 saturated carbocycles. The Hall–Kier alpha value is -3.42. The molecule has 320 valence electrons. The minimum atomic E-state index is -1.04. The number of aliphatic hydroxyl groups excluding tert-OH is 1. The van der Waals surface area contributed by atoms with Crippen molar-refractivity contribution in [3.63, 3.8) is 0 Å². The second kappa shape index (κ2) is 24.3. The molecule has 0 spiro atoms. The molecule has 0 aliphatic carbocycles. The van der Waals surface area contributed by atoms with Gasteiger partial charge in [-0.15, -0.1) is 0 Å². The standard InChI is InChI=1S/C41H73NO13/c1-13-15-19-38(7,8)23-34(47)53-27-40(11,25-43)26-51-32(45)17-21-42(36(49)55-37(4,5)6)22-18-33(46)52-29-41(12,28-50-31(3)44)30-54-35(48)24-39(9,10)20-16-14-2/h43H,13-30H2,1-12H3. The van der Waals surface area contributed by atoms with Gasteiger partial charge in [-0.3, -0.25) is 24.0 Å². The van der Waals surface area contributed by atoms with Crippen molar-refractivity contribution in [2.45, 2.75) is 153 Å². The molecule has 0 heterocycles. The molecule has 1 amide bonds. The number of hydrogen-bond acceptors (Lipinski definition) is 13. The van der Waals surface area contributed by atoms with Gasteiger partial charge in [0.1, 0.15) is 38.6 Å². The summed E-state index contributed by atoms with van der Waals surface area (Å²) in [6.45, 7) is 20.1. The molecule has 14 heteroatoms. The summed E-state index contributed by atoms with van der Waals surface area (Å²) < 4.78 is 32.6. The Balaban J connectivity index is 5.35. The quantitative estimate of drug-likeness (QED) is 0.0667. The molecule has 0 aliphatic heterocycles. The Morgan fingerprint density at radius 2 is 0.909 bits per heavy atom. The van der Waals surface area contributed by atoms with E-state index in [9.17, 15) is 33.9 Å². The van der Waals surface area contributed by atoms with Crippen molar-refractivity contribution in [3.8, 4) is 0 Å². The zero-order valence-electron chi connectivity index (χ0n) is 36.0. The van der Waals surface area contributed by atoms with Crippen LogP contribution in [-0.4, -0.2) is 104 Å². The molecule has 14 nitrogen and oxygen atoms in total. The monoisotopic (exact) mass is 788 g/mol. The van der Waals surface area contributed by atoms with Gasteiger partial charge in [-0.25, -0.2) is 4.79 Å². The maximum atomic E-state index is 13.0. The van der Waals surface area contributed by atoms with Crippen molar-refractivity contribution in [2.75, 3.05) is 52.7 Å². The number of carbonyl (C=O) groups is 6. The zero-order valence-corrected chi connectivity index (χ0v) is 36.0. The number of rotatable bonds is 27. The summed E-state index contributed by atoms with van der Waals surface area (Å²) in [4.78, 5) is 76.7. The summed E-state index contributed by atoms with van der Waals surface area (Å²) in [5, 5.41) is 10.0. The third-order valence-corrected chi connectivity index (χ3v) is 8.82. The van der Waals surface area contributed by atoms with Crippen LogP contribution in [-0.2, 0) is 52.4 Å². The molecule has 0 rings (SSSR count). The van der Waals surface area contributed by atoms with E-state index in [0.29, 0.717) is 0 Å². The fraction of sp³-hybridized carbons (Fsp3) is 0.854. The van der Waals surface area contributed by atoms with Gasteiger partial charge in [-0.05, 0) is 51.4 Å². The normalized spacial score (nSPS) is 14.1. The minimum absolute atomic E-state index is 0.145. The Bertz CT molecular complexity index is 1220. The third kappa shape index (κ3) is 25.4. The van der Waals surface area contributed by atoms with E-state index in [1.54, 1.807) is 34.6 Å². The maximum absolute atomic E-state index is 13.0. The molecule has 2 atom stereocenters. The first-order valence-electron chi connectivity index (χ1n) is 19.6. The second-order valence-electron chi connectivity index (χ2n) is 18.1. The molecule has 0 aromatic heterocycles. The fourth-order valence-electron chi connectivity index (χ4n) is 5.14. The lowest BCUT2D eigenvalue weighted by atomic mass is 9.84. The first-order chi connectivity index (χ1) is 25.3. The number of hydrogen-bond donors (Lipinski definition) is 1. The molecule has 0 aliphatic rings. The SMILES string of the molecule is CCCCC(C)(C)CC(=O)OCC(C)(CO)COC(=O)CCN(CCC(=O)OCC(C)(COC(C)=O)COC(=O)CC(C)(C)CCCC)C(=O)OC(C)(C)C. The van der Waals surface area contributed by atoms with Crippen molar-refractivity contribution in [1.29, 1.82) is 0 Å². The van der Waals surface area contributed by atoms with Gasteiger partial charge in [0, 0.05) is 20.0 Å². The van der Waals surface area contributed by atoms with Gasteiger partial charge in [-0.2, -0.15) is 0 Å². The molecule has 0 saturated heterocycles. The van der Waals surface area contributed by atoms with Crippen LogP contribution in [0.1, 0.15) is 147 Å². The van der Waals surface area contributed by atoms with E-state index in [0.717, 1.165) is 38.5 Å². The highest BCUT2D eigenvalue weighted by Crippen LogP contribution is 2.30. The Morgan fingerprint density at radius 3 is 1.25 bits per heavy atom. The van der Waals surface area contributed by atoms with Crippen molar-refractivity contribution in [2.24, 2.45) is 21.7 Å². The van der Waals surface area contributed by atoms with E-state index >= 15 is 0 Å². The largest absolute Gasteiger partial charge is 0.465 e. The predicted octanol–water partition coefficient (Wildman–Crippen LogP) is 6.96. The van der Waals surface area contributed by atoms with Crippen molar-refractivity contribution < 1.29 is 62.3 Å². The van der Waals surface area contributed by atoms with Crippen LogP contribution in [0, 0.1) is 21.7 Å². The van der Waals surface area contributed by atoms with Crippen LogP contribution in [0.4, 0.5) is 4.79 Å². The first kappa shape index (κ1) is 51.6. The average molecular weight is 788 g/mol. The van der Waals surface area contributed by atoms with Gasteiger partial charge in [-0.1, -0.05) is 74.1 Å². The number of aliphatic hydroxyl groups is 1. The number of amides is 1. The highest BCUT2D eigenvalue weighted by atomic mass is 16.6. The lowest BCUT2D eigenvalue weighted by Crippen LogP contribution is -2.40. The van der Waals surface area contributed by atoms with Crippen molar-refractivity contribution in [1.82, 2.24) is 4.90 Å². The van der Waals surface area contributed by atoms with Crippen LogP contribution in [0.2, 0.25) is 0 Å². The van der Waals surface area contributed by atoms with E-state index in [1.165, 1.54) is 11.8 Å². The van der Waals surface area contributed by atoms with Crippen molar-refractivity contribution in [3.05, 3.63) is 0 Å². The predicted molar refractivity (Wildman–Crippen MR) is 207 cm³/mol. The van der Waals surface area contributed by atoms with Crippen molar-refractivity contribution >= 4 is 35.9 Å². The van der Waals surface area contributed by atoms with E-state index < -0.39 is 59.0 Å². The van der Waals surface area contributed by atoms with Crippen LogP contribution >= 0.6 is 0 Å². The first-order valence-corrected chi connectivity index (χ1v) is 19.6. The third-order valence-electron chi connectivity index (χ3n) is 8.82. The molecule has 0 aromatic rings. The zero-order chi connectivity index (χ0) is 42.5. The summed E-state index contributed by atoms with van der Waals surface area (Å²) in [7, 11) is 0. The van der Waals surface area contributed by atoms with Crippen LogP contribution in [0.15, 0.2) is 0 Å². The molecule has 1 N–H and O–H groups in total. The maximum Gasteiger partial charge on any atom is 0.410 e. The van der Waals surface area contributed by atoms with Crippen LogP contribution in [0.25, 0.3) is 0 Å². The van der Waals surface area contributed by atoms with Gasteiger partial charge >= 0.3 is 35.9 Å². The Kier molecular flexibility index (Phi) is 22.8. The highest BCUT2D eigenvalue weighted by Gasteiger charge is 2.33. The lowest BCUT2D eigenvalue weighted by Gasteiger charge is -2.30. The Labute approximate surface area is 330 Å². The molecule has 0 fully saturated rings. The van der Waals surface area contributed by atoms with Gasteiger partial charge in [0.15, 0.2) is 0 Å². The lowest BCUT2D eigenvalue weighted by molar-refractivity contribution is -0.161. The molecule has 0 bridgehead atoms. The van der Waals surface area contributed by atoms with Gasteiger partial charge in [0.25, 0.3) is 0 Å². The van der Waals surface area contributed by atoms with Crippen LogP contribution < -0.4 is 0 Å². The molecule has 2 unspecified atom stereocenters. The van der Waals surface area contributed by atoms with E-state index in [1.807, 2.05) is 27.7 Å². The Morgan fingerprint density at radius 1 is 0.545 bits per heavy atom. The smallest absolute Gasteiger partial charge is 0.410 e. The number of carbonyl (C=O) groups excluding carboxylic acids is 6. The second-order valence-corrected chi connectivity index (χ2v) is 18.1.